The fourth-order valence-electron chi connectivity index (χ4n) is 3.06. The molecule has 1 saturated heterocycles. The molecule has 1 amide bonds. The van der Waals surface area contributed by atoms with Crippen molar-refractivity contribution in [3.63, 3.8) is 0 Å². The van der Waals surface area contributed by atoms with Crippen LogP contribution in [0, 0.1) is 5.92 Å². The maximum Gasteiger partial charge on any atom is 0.287 e. The van der Waals surface area contributed by atoms with Crippen molar-refractivity contribution in [2.24, 2.45) is 5.92 Å². The molecule has 0 bridgehead atoms. The predicted octanol–water partition coefficient (Wildman–Crippen LogP) is 2.91. The predicted molar refractivity (Wildman–Crippen MR) is 89.0 cm³/mol. The summed E-state index contributed by atoms with van der Waals surface area (Å²) in [6.45, 7) is 8.49. The number of hydrogen-bond acceptors (Lipinski definition) is 4. The van der Waals surface area contributed by atoms with Crippen LogP contribution in [0.2, 0.25) is 0 Å². The van der Waals surface area contributed by atoms with E-state index in [0.29, 0.717) is 28.9 Å². The Morgan fingerprint density at radius 3 is 2.55 bits per heavy atom. The minimum Gasteiger partial charge on any atom is -0.444 e. The van der Waals surface area contributed by atoms with Gasteiger partial charge in [-0.3, -0.25) is 9.69 Å². The standard InChI is InChI=1S/C16H25BrN2O3/c1-3-12(4-2)13(19-7-9-21-10-8-19)11-18-16(20)14-5-6-15(17)22-14/h5-6,12-13H,3-4,7-11H2,1-2H3,(H,18,20)/t13-/m1/s1. The normalized spacial score (nSPS) is 17.6. The maximum absolute atomic E-state index is 12.2. The minimum atomic E-state index is -0.157. The van der Waals surface area contributed by atoms with Gasteiger partial charge in [0.05, 0.1) is 13.2 Å². The van der Waals surface area contributed by atoms with E-state index in [4.69, 9.17) is 9.15 Å². The van der Waals surface area contributed by atoms with Crippen molar-refractivity contribution in [1.82, 2.24) is 10.2 Å². The highest BCUT2D eigenvalue weighted by molar-refractivity contribution is 9.10. The number of nitrogens with one attached hydrogen (secondary N) is 1. The van der Waals surface area contributed by atoms with Crippen molar-refractivity contribution in [3.8, 4) is 0 Å². The van der Waals surface area contributed by atoms with Gasteiger partial charge in [0.2, 0.25) is 0 Å². The summed E-state index contributed by atoms with van der Waals surface area (Å²) in [5.41, 5.74) is 0. The van der Waals surface area contributed by atoms with E-state index in [9.17, 15) is 4.79 Å². The first-order valence-electron chi connectivity index (χ1n) is 8.01. The molecule has 1 aromatic heterocycles. The molecule has 1 aliphatic heterocycles. The smallest absolute Gasteiger partial charge is 0.287 e. The zero-order valence-corrected chi connectivity index (χ0v) is 14.9. The van der Waals surface area contributed by atoms with Crippen LogP contribution >= 0.6 is 15.9 Å². The van der Waals surface area contributed by atoms with Gasteiger partial charge in [-0.05, 0) is 34.0 Å². The fourth-order valence-corrected chi connectivity index (χ4v) is 3.36. The van der Waals surface area contributed by atoms with Crippen molar-refractivity contribution in [2.75, 3.05) is 32.8 Å². The molecular formula is C16H25BrN2O3. The molecule has 0 radical (unpaired) electrons. The van der Waals surface area contributed by atoms with Crippen LogP contribution in [-0.2, 0) is 4.74 Å². The van der Waals surface area contributed by atoms with Gasteiger partial charge in [0.25, 0.3) is 5.91 Å². The molecule has 1 aliphatic rings. The molecule has 22 heavy (non-hydrogen) atoms. The van der Waals surface area contributed by atoms with Gasteiger partial charge in [-0.1, -0.05) is 26.7 Å². The monoisotopic (exact) mass is 372 g/mol. The Hall–Kier alpha value is -0.850. The summed E-state index contributed by atoms with van der Waals surface area (Å²) in [5, 5.41) is 3.02. The second-order valence-electron chi connectivity index (χ2n) is 5.61. The Morgan fingerprint density at radius 1 is 1.32 bits per heavy atom. The molecule has 1 aromatic rings. The maximum atomic E-state index is 12.2. The van der Waals surface area contributed by atoms with E-state index in [1.54, 1.807) is 12.1 Å². The molecule has 0 spiro atoms. The Balaban J connectivity index is 1.97. The first-order valence-corrected chi connectivity index (χ1v) is 8.80. The Labute approximate surface area is 140 Å². The largest absolute Gasteiger partial charge is 0.444 e. The highest BCUT2D eigenvalue weighted by Crippen LogP contribution is 2.20. The Bertz CT molecular complexity index is 468. The van der Waals surface area contributed by atoms with Gasteiger partial charge in [0.1, 0.15) is 0 Å². The van der Waals surface area contributed by atoms with Gasteiger partial charge < -0.3 is 14.5 Å². The van der Waals surface area contributed by atoms with E-state index in [1.165, 1.54) is 0 Å². The van der Waals surface area contributed by atoms with Crippen LogP contribution in [0.15, 0.2) is 21.2 Å². The van der Waals surface area contributed by atoms with E-state index < -0.39 is 0 Å². The molecule has 5 nitrogen and oxygen atoms in total. The first kappa shape index (κ1) is 17.5. The van der Waals surface area contributed by atoms with Gasteiger partial charge in [-0.25, -0.2) is 0 Å². The van der Waals surface area contributed by atoms with Crippen LogP contribution in [0.4, 0.5) is 0 Å². The number of hydrogen-bond donors (Lipinski definition) is 1. The van der Waals surface area contributed by atoms with Crippen LogP contribution in [-0.4, -0.2) is 49.7 Å². The first-order chi connectivity index (χ1) is 10.7. The van der Waals surface area contributed by atoms with Crippen molar-refractivity contribution in [3.05, 3.63) is 22.6 Å². The number of rotatable bonds is 7. The number of halogens is 1. The Morgan fingerprint density at radius 2 is 2.00 bits per heavy atom. The lowest BCUT2D eigenvalue weighted by Gasteiger charge is -2.38. The van der Waals surface area contributed by atoms with Gasteiger partial charge >= 0.3 is 0 Å². The fraction of sp³-hybridized carbons (Fsp3) is 0.688. The second kappa shape index (κ2) is 8.70. The summed E-state index contributed by atoms with van der Waals surface area (Å²) in [7, 11) is 0. The molecule has 0 unspecified atom stereocenters. The number of nitrogens with zero attached hydrogens (tertiary/aromatic N) is 1. The van der Waals surface area contributed by atoms with E-state index in [2.05, 4.69) is 40.0 Å². The third kappa shape index (κ3) is 4.57. The third-order valence-electron chi connectivity index (χ3n) is 4.38. The van der Waals surface area contributed by atoms with Crippen molar-refractivity contribution in [1.29, 1.82) is 0 Å². The second-order valence-corrected chi connectivity index (χ2v) is 6.39. The molecule has 0 aromatic carbocycles. The molecule has 6 heteroatoms. The van der Waals surface area contributed by atoms with Crippen molar-refractivity contribution in [2.45, 2.75) is 32.7 Å². The minimum absolute atomic E-state index is 0.157. The zero-order chi connectivity index (χ0) is 15.9. The number of morpholine rings is 1. The van der Waals surface area contributed by atoms with Gasteiger partial charge in [0, 0.05) is 25.7 Å². The molecule has 1 N–H and O–H groups in total. The average molecular weight is 373 g/mol. The lowest BCUT2D eigenvalue weighted by molar-refractivity contribution is 0.00184. The Kier molecular flexibility index (Phi) is 6.92. The highest BCUT2D eigenvalue weighted by atomic mass is 79.9. The molecule has 1 atom stereocenters. The van der Waals surface area contributed by atoms with Crippen LogP contribution in [0.3, 0.4) is 0 Å². The summed E-state index contributed by atoms with van der Waals surface area (Å²) in [6.07, 6.45) is 2.22. The number of ether oxygens (including phenoxy) is 1. The molecule has 0 saturated carbocycles. The van der Waals surface area contributed by atoms with Crippen LogP contribution in [0.25, 0.3) is 0 Å². The lowest BCUT2D eigenvalue weighted by Crippen LogP contribution is -2.52. The quantitative estimate of drug-likeness (QED) is 0.799. The van der Waals surface area contributed by atoms with Crippen LogP contribution in [0.5, 0.6) is 0 Å². The van der Waals surface area contributed by atoms with E-state index >= 15 is 0 Å². The lowest BCUT2D eigenvalue weighted by atomic mass is 9.92. The van der Waals surface area contributed by atoms with Gasteiger partial charge in [0.15, 0.2) is 10.4 Å². The molecule has 124 valence electrons. The molecule has 2 rings (SSSR count). The van der Waals surface area contributed by atoms with Gasteiger partial charge in [-0.15, -0.1) is 0 Å². The summed E-state index contributed by atoms with van der Waals surface area (Å²) in [5.74, 6) is 0.758. The van der Waals surface area contributed by atoms with Crippen molar-refractivity contribution >= 4 is 21.8 Å². The number of carbonyl (C=O) groups is 1. The molecule has 0 aliphatic carbocycles. The average Bonchev–Trinajstić information content (AvgIpc) is 2.98. The van der Waals surface area contributed by atoms with Crippen LogP contribution < -0.4 is 5.32 Å². The number of amides is 1. The highest BCUT2D eigenvalue weighted by Gasteiger charge is 2.27. The number of furan rings is 1. The van der Waals surface area contributed by atoms with Crippen molar-refractivity contribution < 1.29 is 13.9 Å². The summed E-state index contributed by atoms with van der Waals surface area (Å²) in [6, 6.07) is 3.76. The topological polar surface area (TPSA) is 54.7 Å². The van der Waals surface area contributed by atoms with E-state index in [-0.39, 0.29) is 5.91 Å². The van der Waals surface area contributed by atoms with Crippen LogP contribution in [0.1, 0.15) is 37.2 Å². The zero-order valence-electron chi connectivity index (χ0n) is 13.3. The summed E-state index contributed by atoms with van der Waals surface area (Å²) < 4.78 is 11.3. The molecule has 1 fully saturated rings. The molecular weight excluding hydrogens is 348 g/mol. The third-order valence-corrected chi connectivity index (χ3v) is 4.80. The number of carbonyl (C=O) groups excluding carboxylic acids is 1. The SMILES string of the molecule is CCC(CC)[C@@H](CNC(=O)c1ccc(Br)o1)N1CCOCC1. The molecule has 2 heterocycles. The van der Waals surface area contributed by atoms with E-state index in [0.717, 1.165) is 39.1 Å². The summed E-state index contributed by atoms with van der Waals surface area (Å²) >= 11 is 3.22. The summed E-state index contributed by atoms with van der Waals surface area (Å²) in [4.78, 5) is 14.6. The van der Waals surface area contributed by atoms with Gasteiger partial charge in [-0.2, -0.15) is 0 Å². The van der Waals surface area contributed by atoms with E-state index in [1.807, 2.05) is 0 Å².